The van der Waals surface area contributed by atoms with Crippen LogP contribution in [0.4, 0.5) is 5.69 Å². The lowest BCUT2D eigenvalue weighted by atomic mass is 9.99. The van der Waals surface area contributed by atoms with Crippen LogP contribution in [-0.4, -0.2) is 23.4 Å². The van der Waals surface area contributed by atoms with Gasteiger partial charge in [0.15, 0.2) is 0 Å². The highest BCUT2D eigenvalue weighted by Crippen LogP contribution is 2.25. The molecule has 1 aromatic carbocycles. The van der Waals surface area contributed by atoms with Crippen molar-refractivity contribution in [1.82, 2.24) is 0 Å². The van der Waals surface area contributed by atoms with Crippen LogP contribution in [0.3, 0.4) is 0 Å². The molecular weight excluding hydrogens is 234 g/mol. The summed E-state index contributed by atoms with van der Waals surface area (Å²) in [6, 6.07) is 5.38. The van der Waals surface area contributed by atoms with Crippen LogP contribution in [0.15, 0.2) is 22.7 Å². The molecule has 0 heterocycles. The van der Waals surface area contributed by atoms with E-state index in [1.807, 2.05) is 12.1 Å². The molecule has 0 radical (unpaired) electrons. The van der Waals surface area contributed by atoms with E-state index in [-0.39, 0.29) is 19.1 Å². The van der Waals surface area contributed by atoms with Crippen LogP contribution in [0.2, 0.25) is 0 Å². The fourth-order valence-corrected chi connectivity index (χ4v) is 1.53. The number of hydrogen-bond donors (Lipinski definition) is 3. The minimum Gasteiger partial charge on any atom is -0.398 e. The van der Waals surface area contributed by atoms with Crippen LogP contribution in [0.5, 0.6) is 0 Å². The van der Waals surface area contributed by atoms with Gasteiger partial charge in [-0.3, -0.25) is 0 Å². The number of nitrogens with two attached hydrogens (primary N) is 1. The molecule has 1 rings (SSSR count). The van der Waals surface area contributed by atoms with Crippen LogP contribution in [0.25, 0.3) is 0 Å². The van der Waals surface area contributed by atoms with E-state index in [1.54, 1.807) is 6.07 Å². The first-order chi connectivity index (χ1) is 6.19. The lowest BCUT2D eigenvalue weighted by Gasteiger charge is -2.14. The highest BCUT2D eigenvalue weighted by molar-refractivity contribution is 9.10. The van der Waals surface area contributed by atoms with E-state index in [0.29, 0.717) is 5.69 Å². The molecule has 0 unspecified atom stereocenters. The smallest absolute Gasteiger partial charge is 0.0522 e. The molecule has 1 aromatic rings. The average Bonchev–Trinajstić information content (AvgIpc) is 2.13. The molecule has 0 saturated heterocycles. The van der Waals surface area contributed by atoms with Crippen molar-refractivity contribution in [2.75, 3.05) is 18.9 Å². The van der Waals surface area contributed by atoms with E-state index in [2.05, 4.69) is 15.9 Å². The van der Waals surface area contributed by atoms with Crippen molar-refractivity contribution in [3.8, 4) is 0 Å². The molecule has 72 valence electrons. The number of nitrogen functional groups attached to an aromatic ring is 1. The van der Waals surface area contributed by atoms with Gasteiger partial charge in [-0.2, -0.15) is 0 Å². The first-order valence-electron chi connectivity index (χ1n) is 3.95. The highest BCUT2D eigenvalue weighted by atomic mass is 79.9. The maximum atomic E-state index is 8.96. The average molecular weight is 246 g/mol. The number of anilines is 1. The predicted molar refractivity (Wildman–Crippen MR) is 55.5 cm³/mol. The molecule has 0 aliphatic carbocycles. The Labute approximate surface area is 85.3 Å². The topological polar surface area (TPSA) is 66.5 Å². The summed E-state index contributed by atoms with van der Waals surface area (Å²) >= 11 is 3.30. The quantitative estimate of drug-likeness (QED) is 0.699. The lowest BCUT2D eigenvalue weighted by molar-refractivity contribution is 0.193. The van der Waals surface area contributed by atoms with E-state index in [0.717, 1.165) is 10.0 Å². The minimum atomic E-state index is -0.294. The second-order valence-electron chi connectivity index (χ2n) is 2.84. The Bertz CT molecular complexity index is 287. The van der Waals surface area contributed by atoms with Gasteiger partial charge in [0.25, 0.3) is 0 Å². The maximum Gasteiger partial charge on any atom is 0.0522 e. The van der Waals surface area contributed by atoms with E-state index >= 15 is 0 Å². The number of rotatable bonds is 3. The fourth-order valence-electron chi connectivity index (χ4n) is 1.15. The first kappa shape index (κ1) is 10.5. The van der Waals surface area contributed by atoms with Crippen molar-refractivity contribution in [1.29, 1.82) is 0 Å². The molecule has 0 amide bonds. The summed E-state index contributed by atoms with van der Waals surface area (Å²) in [4.78, 5) is 0. The van der Waals surface area contributed by atoms with Crippen molar-refractivity contribution in [3.05, 3.63) is 28.2 Å². The first-order valence-corrected chi connectivity index (χ1v) is 4.75. The summed E-state index contributed by atoms with van der Waals surface area (Å²) in [5.41, 5.74) is 7.07. The largest absolute Gasteiger partial charge is 0.398 e. The standard InChI is InChI=1S/C9H12BrNO2/c10-7-1-2-9(11)8(3-7)6(4-12)5-13/h1-3,6,12-13H,4-5,11H2. The van der Waals surface area contributed by atoms with Gasteiger partial charge in [0, 0.05) is 16.1 Å². The number of halogens is 1. The number of aliphatic hydroxyl groups is 2. The number of aliphatic hydroxyl groups excluding tert-OH is 2. The van der Waals surface area contributed by atoms with Crippen LogP contribution >= 0.6 is 15.9 Å². The number of hydrogen-bond acceptors (Lipinski definition) is 3. The van der Waals surface area contributed by atoms with Crippen LogP contribution < -0.4 is 5.73 Å². The second-order valence-corrected chi connectivity index (χ2v) is 3.75. The molecule has 4 N–H and O–H groups in total. The van der Waals surface area contributed by atoms with E-state index in [9.17, 15) is 0 Å². The molecule has 0 aliphatic heterocycles. The third kappa shape index (κ3) is 2.43. The Morgan fingerprint density at radius 3 is 2.46 bits per heavy atom. The zero-order valence-corrected chi connectivity index (χ0v) is 8.66. The molecule has 0 fully saturated rings. The normalized spacial score (nSPS) is 10.8. The highest BCUT2D eigenvalue weighted by Gasteiger charge is 2.12. The van der Waals surface area contributed by atoms with Gasteiger partial charge >= 0.3 is 0 Å². The van der Waals surface area contributed by atoms with Crippen molar-refractivity contribution in [2.45, 2.75) is 5.92 Å². The van der Waals surface area contributed by atoms with E-state index in [4.69, 9.17) is 15.9 Å². The molecule has 0 bridgehead atoms. The Hall–Kier alpha value is -0.580. The van der Waals surface area contributed by atoms with Crippen molar-refractivity contribution in [2.24, 2.45) is 0 Å². The van der Waals surface area contributed by atoms with Gasteiger partial charge in [0.2, 0.25) is 0 Å². The van der Waals surface area contributed by atoms with Gasteiger partial charge in [0.1, 0.15) is 0 Å². The van der Waals surface area contributed by atoms with Crippen LogP contribution in [0.1, 0.15) is 11.5 Å². The molecule has 0 spiro atoms. The Kier molecular flexibility index (Phi) is 3.71. The summed E-state index contributed by atoms with van der Waals surface area (Å²) in [5, 5.41) is 17.9. The fraction of sp³-hybridized carbons (Fsp3) is 0.333. The van der Waals surface area contributed by atoms with Crippen LogP contribution in [-0.2, 0) is 0 Å². The van der Waals surface area contributed by atoms with Crippen LogP contribution in [0, 0.1) is 0 Å². The third-order valence-electron chi connectivity index (χ3n) is 1.93. The molecule has 0 atom stereocenters. The molecule has 13 heavy (non-hydrogen) atoms. The van der Waals surface area contributed by atoms with Gasteiger partial charge in [-0.25, -0.2) is 0 Å². The molecule has 4 heteroatoms. The van der Waals surface area contributed by atoms with E-state index < -0.39 is 0 Å². The lowest BCUT2D eigenvalue weighted by Crippen LogP contribution is -2.11. The number of benzene rings is 1. The summed E-state index contributed by atoms with van der Waals surface area (Å²) in [6.45, 7) is -0.200. The van der Waals surface area contributed by atoms with Gasteiger partial charge in [-0.05, 0) is 23.8 Å². The zero-order chi connectivity index (χ0) is 9.84. The van der Waals surface area contributed by atoms with Crippen molar-refractivity contribution in [3.63, 3.8) is 0 Å². The zero-order valence-electron chi connectivity index (χ0n) is 7.07. The molecule has 0 aromatic heterocycles. The minimum absolute atomic E-state index is 0.100. The molecule has 0 aliphatic rings. The van der Waals surface area contributed by atoms with Gasteiger partial charge in [0.05, 0.1) is 13.2 Å². The third-order valence-corrected chi connectivity index (χ3v) is 2.42. The van der Waals surface area contributed by atoms with E-state index in [1.165, 1.54) is 0 Å². The molecule has 3 nitrogen and oxygen atoms in total. The molecule has 0 saturated carbocycles. The SMILES string of the molecule is Nc1ccc(Br)cc1C(CO)CO. The molecular formula is C9H12BrNO2. The van der Waals surface area contributed by atoms with Crippen molar-refractivity contribution < 1.29 is 10.2 Å². The predicted octanol–water partition coefficient (Wildman–Crippen LogP) is 1.10. The summed E-state index contributed by atoms with van der Waals surface area (Å²) in [7, 11) is 0. The summed E-state index contributed by atoms with van der Waals surface area (Å²) in [5.74, 6) is -0.294. The Balaban J connectivity index is 3.03. The Morgan fingerprint density at radius 1 is 1.31 bits per heavy atom. The Morgan fingerprint density at radius 2 is 1.92 bits per heavy atom. The van der Waals surface area contributed by atoms with Gasteiger partial charge in [-0.15, -0.1) is 0 Å². The second kappa shape index (κ2) is 4.60. The maximum absolute atomic E-state index is 8.96. The van der Waals surface area contributed by atoms with Crippen molar-refractivity contribution >= 4 is 21.6 Å². The van der Waals surface area contributed by atoms with Gasteiger partial charge < -0.3 is 15.9 Å². The van der Waals surface area contributed by atoms with Gasteiger partial charge in [-0.1, -0.05) is 15.9 Å². The monoisotopic (exact) mass is 245 g/mol. The summed E-state index contributed by atoms with van der Waals surface area (Å²) < 4.78 is 0.892. The summed E-state index contributed by atoms with van der Waals surface area (Å²) in [6.07, 6.45) is 0.